The van der Waals surface area contributed by atoms with Gasteiger partial charge in [-0.15, -0.1) is 0 Å². The molecule has 0 saturated heterocycles. The topological polar surface area (TPSA) is 61.7 Å². The molecule has 0 heterocycles. The first-order valence-electron chi connectivity index (χ1n) is 11.4. The van der Waals surface area contributed by atoms with Crippen LogP contribution < -0.4 is 5.43 Å². The number of aliphatic hydroxyl groups is 1. The van der Waals surface area contributed by atoms with E-state index < -0.39 is 11.5 Å². The van der Waals surface area contributed by atoms with Crippen LogP contribution in [-0.4, -0.2) is 16.7 Å². The second kappa shape index (κ2) is 10.9. The first-order valence-corrected chi connectivity index (χ1v) is 11.4. The van der Waals surface area contributed by atoms with Gasteiger partial charge in [-0.1, -0.05) is 106 Å². The lowest BCUT2D eigenvalue weighted by Crippen LogP contribution is -2.44. The minimum Gasteiger partial charge on any atom is -0.372 e. The maximum Gasteiger partial charge on any atom is 0.281 e. The van der Waals surface area contributed by atoms with E-state index in [1.165, 1.54) is 0 Å². The largest absolute Gasteiger partial charge is 0.372 e. The van der Waals surface area contributed by atoms with Gasteiger partial charge in [0.15, 0.2) is 5.60 Å². The Labute approximate surface area is 191 Å². The Morgan fingerprint density at radius 2 is 1.31 bits per heavy atom. The van der Waals surface area contributed by atoms with Crippen LogP contribution in [0.15, 0.2) is 84.0 Å². The summed E-state index contributed by atoms with van der Waals surface area (Å²) in [5.41, 5.74) is 5.87. The monoisotopic (exact) mass is 428 g/mol. The number of carbonyl (C=O) groups is 1. The van der Waals surface area contributed by atoms with E-state index in [9.17, 15) is 9.90 Å². The van der Waals surface area contributed by atoms with E-state index >= 15 is 0 Å². The van der Waals surface area contributed by atoms with E-state index in [4.69, 9.17) is 0 Å². The van der Waals surface area contributed by atoms with E-state index in [2.05, 4.69) is 31.3 Å². The molecule has 0 atom stereocenters. The summed E-state index contributed by atoms with van der Waals surface area (Å²) in [6, 6.07) is 24.9. The van der Waals surface area contributed by atoms with Crippen molar-refractivity contribution in [2.24, 2.45) is 5.10 Å². The van der Waals surface area contributed by atoms with Crippen LogP contribution in [-0.2, 0) is 23.2 Å². The normalized spacial score (nSPS) is 11.9. The van der Waals surface area contributed by atoms with Crippen LogP contribution >= 0.6 is 0 Å². The van der Waals surface area contributed by atoms with Crippen molar-refractivity contribution in [3.05, 3.63) is 107 Å². The van der Waals surface area contributed by atoms with Gasteiger partial charge >= 0.3 is 0 Å². The minimum absolute atomic E-state index is 0.517. The number of nitrogens with one attached hydrogen (secondary N) is 1. The third-order valence-corrected chi connectivity index (χ3v) is 5.77. The number of hydrogen-bond donors (Lipinski definition) is 2. The fraction of sp³-hybridized carbons (Fsp3) is 0.286. The average Bonchev–Trinajstić information content (AvgIpc) is 2.86. The van der Waals surface area contributed by atoms with E-state index in [1.807, 2.05) is 78.9 Å². The van der Waals surface area contributed by atoms with Gasteiger partial charge in [-0.2, -0.15) is 5.10 Å². The van der Waals surface area contributed by atoms with E-state index in [1.54, 1.807) is 0 Å². The molecule has 0 aliphatic carbocycles. The third kappa shape index (κ3) is 5.14. The Bertz CT molecular complexity index is 992. The van der Waals surface area contributed by atoms with Crippen LogP contribution in [0.3, 0.4) is 0 Å². The quantitative estimate of drug-likeness (QED) is 0.356. The summed E-state index contributed by atoms with van der Waals surface area (Å²) in [4.78, 5) is 13.4. The fourth-order valence-corrected chi connectivity index (χ4v) is 3.72. The highest BCUT2D eigenvalue weighted by Gasteiger charge is 2.40. The molecule has 3 aromatic rings. The van der Waals surface area contributed by atoms with Crippen LogP contribution in [0.25, 0.3) is 0 Å². The predicted molar refractivity (Wildman–Crippen MR) is 131 cm³/mol. The number of nitrogens with zero attached hydrogens (tertiary/aromatic N) is 1. The first kappa shape index (κ1) is 23.4. The van der Waals surface area contributed by atoms with Gasteiger partial charge in [0.05, 0.1) is 5.71 Å². The molecule has 2 N–H and O–H groups in total. The molecule has 4 heteroatoms. The molecule has 0 unspecified atom stereocenters. The van der Waals surface area contributed by atoms with Crippen molar-refractivity contribution < 1.29 is 9.90 Å². The molecule has 0 saturated carbocycles. The lowest BCUT2D eigenvalue weighted by Gasteiger charge is -2.27. The zero-order valence-electron chi connectivity index (χ0n) is 19.1. The van der Waals surface area contributed by atoms with E-state index in [0.29, 0.717) is 11.1 Å². The van der Waals surface area contributed by atoms with Crippen LogP contribution in [0, 0.1) is 0 Å². The van der Waals surface area contributed by atoms with Crippen LogP contribution in [0.4, 0.5) is 0 Å². The molecule has 1 amide bonds. The summed E-state index contributed by atoms with van der Waals surface area (Å²) in [5, 5.41) is 16.2. The molecule has 0 spiro atoms. The first-order chi connectivity index (χ1) is 15.5. The van der Waals surface area contributed by atoms with Crippen molar-refractivity contribution in [1.82, 2.24) is 5.43 Å². The maximum absolute atomic E-state index is 13.4. The van der Waals surface area contributed by atoms with Crippen molar-refractivity contribution in [3.63, 3.8) is 0 Å². The van der Waals surface area contributed by atoms with Crippen LogP contribution in [0.1, 0.15) is 61.4 Å². The van der Waals surface area contributed by atoms with Crippen molar-refractivity contribution in [2.75, 3.05) is 0 Å². The number of carbonyl (C=O) groups excluding carboxylic acids is 1. The van der Waals surface area contributed by atoms with Crippen molar-refractivity contribution in [1.29, 1.82) is 0 Å². The van der Waals surface area contributed by atoms with E-state index in [0.717, 1.165) is 48.1 Å². The van der Waals surface area contributed by atoms with Gasteiger partial charge in [-0.25, -0.2) is 5.43 Å². The molecular formula is C28H32N2O2. The van der Waals surface area contributed by atoms with Crippen molar-refractivity contribution in [3.8, 4) is 0 Å². The Morgan fingerprint density at radius 1 is 0.812 bits per heavy atom. The molecular weight excluding hydrogens is 396 g/mol. The smallest absolute Gasteiger partial charge is 0.281 e. The summed E-state index contributed by atoms with van der Waals surface area (Å²) in [5.74, 6) is -0.574. The van der Waals surface area contributed by atoms with Gasteiger partial charge in [0.25, 0.3) is 5.91 Å². The number of amides is 1. The number of benzene rings is 3. The predicted octanol–water partition coefficient (Wildman–Crippen LogP) is 5.37. The molecule has 0 fully saturated rings. The lowest BCUT2D eigenvalue weighted by molar-refractivity contribution is -0.136. The Hall–Kier alpha value is -3.24. The molecule has 166 valence electrons. The highest BCUT2D eigenvalue weighted by molar-refractivity contribution is 6.01. The lowest BCUT2D eigenvalue weighted by atomic mass is 9.84. The summed E-state index contributed by atoms with van der Waals surface area (Å²) < 4.78 is 0. The maximum atomic E-state index is 13.4. The minimum atomic E-state index is -1.85. The molecule has 0 bridgehead atoms. The number of hydrazone groups is 1. The molecule has 3 aromatic carbocycles. The van der Waals surface area contributed by atoms with Gasteiger partial charge in [-0.3, -0.25) is 4.79 Å². The number of aryl methyl sites for hydroxylation is 2. The molecule has 0 radical (unpaired) electrons. The molecule has 0 aliphatic heterocycles. The SMILES string of the molecule is CCC/C(=N\NC(=O)C(O)(c1ccc(CC)cc1)c1ccc(CC)cc1)c1ccccc1. The van der Waals surface area contributed by atoms with Gasteiger partial charge in [-0.05, 0) is 47.1 Å². The number of hydrogen-bond acceptors (Lipinski definition) is 3. The van der Waals surface area contributed by atoms with Crippen LogP contribution in [0.5, 0.6) is 0 Å². The standard InChI is InChI=1S/C28H32N2O2/c1-4-10-26(23-11-8-7-9-12-23)29-30-27(31)28(32,24-17-13-21(5-2)14-18-24)25-19-15-22(6-3)16-20-25/h7-9,11-20,32H,4-6,10H2,1-3H3,(H,30,31)/b29-26+. The number of rotatable bonds is 9. The van der Waals surface area contributed by atoms with Gasteiger partial charge in [0.1, 0.15) is 0 Å². The van der Waals surface area contributed by atoms with Crippen LogP contribution in [0.2, 0.25) is 0 Å². The third-order valence-electron chi connectivity index (χ3n) is 5.77. The molecule has 4 nitrogen and oxygen atoms in total. The molecule has 32 heavy (non-hydrogen) atoms. The zero-order chi connectivity index (χ0) is 23.0. The van der Waals surface area contributed by atoms with Crippen molar-refractivity contribution >= 4 is 11.6 Å². The second-order valence-corrected chi connectivity index (χ2v) is 7.93. The summed E-state index contributed by atoms with van der Waals surface area (Å²) >= 11 is 0. The zero-order valence-corrected chi connectivity index (χ0v) is 19.1. The average molecular weight is 429 g/mol. The summed E-state index contributed by atoms with van der Waals surface area (Å²) in [6.45, 7) is 6.22. The second-order valence-electron chi connectivity index (χ2n) is 7.93. The van der Waals surface area contributed by atoms with Gasteiger partial charge in [0.2, 0.25) is 0 Å². The summed E-state index contributed by atoms with van der Waals surface area (Å²) in [7, 11) is 0. The molecule has 3 rings (SSSR count). The Balaban J connectivity index is 2.00. The highest BCUT2D eigenvalue weighted by atomic mass is 16.3. The van der Waals surface area contributed by atoms with Gasteiger partial charge < -0.3 is 5.11 Å². The van der Waals surface area contributed by atoms with Crippen molar-refractivity contribution in [2.45, 2.75) is 52.1 Å². The van der Waals surface area contributed by atoms with E-state index in [-0.39, 0.29) is 0 Å². The van der Waals surface area contributed by atoms with Gasteiger partial charge in [0, 0.05) is 0 Å². The highest BCUT2D eigenvalue weighted by Crippen LogP contribution is 2.31. The molecule has 0 aromatic heterocycles. The Morgan fingerprint density at radius 3 is 1.75 bits per heavy atom. The fourth-order valence-electron chi connectivity index (χ4n) is 3.72. The summed E-state index contributed by atoms with van der Waals surface area (Å²) in [6.07, 6.45) is 3.39. The Kier molecular flexibility index (Phi) is 7.96. The molecule has 0 aliphatic rings.